The predicted octanol–water partition coefficient (Wildman–Crippen LogP) is 5.97. The summed E-state index contributed by atoms with van der Waals surface area (Å²) in [5.74, 6) is 2.74. The lowest BCUT2D eigenvalue weighted by molar-refractivity contribution is 0.0281. The Bertz CT molecular complexity index is 502. The van der Waals surface area contributed by atoms with Gasteiger partial charge in [0.05, 0.1) is 12.5 Å². The minimum Gasteiger partial charge on any atom is -0.341 e. The van der Waals surface area contributed by atoms with Crippen molar-refractivity contribution in [1.82, 2.24) is 9.80 Å². The van der Waals surface area contributed by atoms with Gasteiger partial charge in [0, 0.05) is 12.1 Å². The van der Waals surface area contributed by atoms with Crippen LogP contribution in [0, 0.1) is 22.7 Å². The Labute approximate surface area is 165 Å². The first-order chi connectivity index (χ1) is 11.5. The molecule has 0 aromatic carbocycles. The molecule has 3 aliphatic rings. The lowest BCUT2D eigenvalue weighted by atomic mass is 9.70. The van der Waals surface area contributed by atoms with E-state index in [1.165, 1.54) is 38.5 Å². The van der Waals surface area contributed by atoms with Gasteiger partial charge >= 0.3 is 0 Å². The SMILES string of the molecule is CC1CC(N2CSC(=S)N(C3CC(C)CC(C)(C)C3)C2)CC(C)(C)C1. The van der Waals surface area contributed by atoms with Crippen LogP contribution in [0.1, 0.15) is 80.1 Å². The van der Waals surface area contributed by atoms with Crippen molar-refractivity contribution in [2.24, 2.45) is 22.7 Å². The smallest absolute Gasteiger partial charge is 0.138 e. The van der Waals surface area contributed by atoms with Gasteiger partial charge in [0.2, 0.25) is 0 Å². The van der Waals surface area contributed by atoms with Crippen LogP contribution in [0.15, 0.2) is 0 Å². The monoisotopic (exact) mass is 382 g/mol. The van der Waals surface area contributed by atoms with E-state index in [1.807, 2.05) is 11.8 Å². The summed E-state index contributed by atoms with van der Waals surface area (Å²) in [7, 11) is 0. The summed E-state index contributed by atoms with van der Waals surface area (Å²) < 4.78 is 1.15. The number of thioether (sulfide) groups is 1. The van der Waals surface area contributed by atoms with E-state index in [0.29, 0.717) is 16.9 Å². The van der Waals surface area contributed by atoms with Crippen LogP contribution in [0.2, 0.25) is 0 Å². The summed E-state index contributed by atoms with van der Waals surface area (Å²) in [5, 5.41) is 0. The molecule has 0 aromatic rings. The molecule has 0 bridgehead atoms. The van der Waals surface area contributed by atoms with Crippen molar-refractivity contribution in [2.75, 3.05) is 12.5 Å². The molecule has 0 amide bonds. The lowest BCUT2D eigenvalue weighted by Gasteiger charge is -2.51. The van der Waals surface area contributed by atoms with E-state index in [-0.39, 0.29) is 0 Å². The molecule has 2 saturated carbocycles. The molecule has 3 fully saturated rings. The lowest BCUT2D eigenvalue weighted by Crippen LogP contribution is -2.56. The van der Waals surface area contributed by atoms with Gasteiger partial charge in [0.1, 0.15) is 4.32 Å². The molecular weight excluding hydrogens is 344 g/mol. The first-order valence-corrected chi connectivity index (χ1v) is 11.6. The van der Waals surface area contributed by atoms with E-state index in [4.69, 9.17) is 12.2 Å². The van der Waals surface area contributed by atoms with Crippen LogP contribution in [0.25, 0.3) is 0 Å². The molecule has 1 heterocycles. The average molecular weight is 383 g/mol. The second kappa shape index (κ2) is 7.31. The van der Waals surface area contributed by atoms with Gasteiger partial charge in [-0.05, 0) is 61.2 Å². The van der Waals surface area contributed by atoms with Crippen LogP contribution in [-0.2, 0) is 0 Å². The van der Waals surface area contributed by atoms with Crippen LogP contribution >= 0.6 is 24.0 Å². The molecule has 0 N–H and O–H groups in total. The molecule has 25 heavy (non-hydrogen) atoms. The second-order valence-electron chi connectivity index (χ2n) is 10.9. The van der Waals surface area contributed by atoms with E-state index in [0.717, 1.165) is 34.7 Å². The third kappa shape index (κ3) is 4.93. The summed E-state index contributed by atoms with van der Waals surface area (Å²) in [6, 6.07) is 1.36. The standard InChI is InChI=1S/C21H38N2S2/c1-15-7-17(11-20(3,4)9-15)22-13-23(19(24)25-14-22)18-8-16(2)10-21(5,6)12-18/h15-18H,7-14H2,1-6H3. The second-order valence-corrected chi connectivity index (χ2v) is 12.5. The van der Waals surface area contributed by atoms with E-state index in [1.54, 1.807) is 0 Å². The summed E-state index contributed by atoms with van der Waals surface area (Å²) >= 11 is 7.71. The van der Waals surface area contributed by atoms with Crippen LogP contribution < -0.4 is 0 Å². The molecule has 4 unspecified atom stereocenters. The quantitative estimate of drug-likeness (QED) is 0.543. The molecule has 4 heteroatoms. The van der Waals surface area contributed by atoms with Crippen LogP contribution in [0.4, 0.5) is 0 Å². The molecule has 1 aliphatic heterocycles. The molecule has 0 spiro atoms. The van der Waals surface area contributed by atoms with Gasteiger partial charge in [-0.3, -0.25) is 4.90 Å². The first-order valence-electron chi connectivity index (χ1n) is 10.2. The van der Waals surface area contributed by atoms with Gasteiger partial charge in [0.15, 0.2) is 0 Å². The maximum Gasteiger partial charge on any atom is 0.138 e. The van der Waals surface area contributed by atoms with E-state index < -0.39 is 0 Å². The summed E-state index contributed by atoms with van der Waals surface area (Å²) in [4.78, 5) is 5.33. The van der Waals surface area contributed by atoms with Gasteiger partial charge in [-0.1, -0.05) is 65.5 Å². The van der Waals surface area contributed by atoms with Crippen molar-refractivity contribution in [3.05, 3.63) is 0 Å². The van der Waals surface area contributed by atoms with Crippen molar-refractivity contribution < 1.29 is 0 Å². The predicted molar refractivity (Wildman–Crippen MR) is 115 cm³/mol. The maximum atomic E-state index is 5.81. The molecular formula is C21H38N2S2. The Kier molecular flexibility index (Phi) is 5.84. The fourth-order valence-electron chi connectivity index (χ4n) is 6.11. The van der Waals surface area contributed by atoms with E-state index in [9.17, 15) is 0 Å². The Morgan fingerprint density at radius 2 is 1.40 bits per heavy atom. The maximum absolute atomic E-state index is 5.81. The number of thiocarbonyl (C=S) groups is 1. The molecule has 1 saturated heterocycles. The topological polar surface area (TPSA) is 6.48 Å². The summed E-state index contributed by atoms with van der Waals surface area (Å²) in [6.45, 7) is 15.7. The molecule has 0 radical (unpaired) electrons. The van der Waals surface area contributed by atoms with Crippen molar-refractivity contribution in [2.45, 2.75) is 92.2 Å². The third-order valence-electron chi connectivity index (χ3n) is 6.61. The number of hydrogen-bond donors (Lipinski definition) is 0. The van der Waals surface area contributed by atoms with E-state index in [2.05, 4.69) is 51.3 Å². The number of hydrogen-bond acceptors (Lipinski definition) is 3. The molecule has 2 aliphatic carbocycles. The Hall–Kier alpha value is 0.200. The van der Waals surface area contributed by atoms with Crippen molar-refractivity contribution in [3.63, 3.8) is 0 Å². The van der Waals surface area contributed by atoms with Gasteiger partial charge < -0.3 is 4.90 Å². The molecule has 144 valence electrons. The zero-order chi connectivity index (χ0) is 18.4. The van der Waals surface area contributed by atoms with Crippen LogP contribution in [0.3, 0.4) is 0 Å². The highest BCUT2D eigenvalue weighted by molar-refractivity contribution is 8.22. The fourth-order valence-corrected chi connectivity index (χ4v) is 7.41. The Morgan fingerprint density at radius 1 is 0.880 bits per heavy atom. The van der Waals surface area contributed by atoms with Crippen molar-refractivity contribution in [1.29, 1.82) is 0 Å². The van der Waals surface area contributed by atoms with Gasteiger partial charge in [-0.25, -0.2) is 0 Å². The number of nitrogens with zero attached hydrogens (tertiary/aromatic N) is 2. The summed E-state index contributed by atoms with van der Waals surface area (Å²) in [5.41, 5.74) is 0.934. The molecule has 0 aromatic heterocycles. The Balaban J connectivity index is 1.70. The van der Waals surface area contributed by atoms with Crippen molar-refractivity contribution >= 4 is 28.3 Å². The molecule has 3 rings (SSSR count). The largest absolute Gasteiger partial charge is 0.341 e. The van der Waals surface area contributed by atoms with E-state index >= 15 is 0 Å². The Morgan fingerprint density at radius 3 is 1.96 bits per heavy atom. The highest BCUT2D eigenvalue weighted by Crippen LogP contribution is 2.44. The molecule has 4 atom stereocenters. The fraction of sp³-hybridized carbons (Fsp3) is 0.952. The minimum absolute atomic E-state index is 0.451. The highest BCUT2D eigenvalue weighted by Gasteiger charge is 2.41. The zero-order valence-corrected chi connectivity index (χ0v) is 18.8. The third-order valence-corrected chi connectivity index (χ3v) is 8.14. The van der Waals surface area contributed by atoms with Gasteiger partial charge in [-0.2, -0.15) is 0 Å². The highest BCUT2D eigenvalue weighted by atomic mass is 32.2. The minimum atomic E-state index is 0.451. The first kappa shape index (κ1) is 19.9. The normalized spacial score (nSPS) is 39.4. The van der Waals surface area contributed by atoms with Crippen LogP contribution in [0.5, 0.6) is 0 Å². The number of rotatable bonds is 2. The van der Waals surface area contributed by atoms with Gasteiger partial charge in [-0.15, -0.1) is 0 Å². The average Bonchev–Trinajstić information content (AvgIpc) is 2.43. The van der Waals surface area contributed by atoms with Crippen LogP contribution in [-0.4, -0.2) is 38.7 Å². The summed E-state index contributed by atoms with van der Waals surface area (Å²) in [6.07, 6.45) is 8.03. The molecule has 2 nitrogen and oxygen atoms in total. The zero-order valence-electron chi connectivity index (χ0n) is 17.2. The van der Waals surface area contributed by atoms with Crippen molar-refractivity contribution in [3.8, 4) is 0 Å². The van der Waals surface area contributed by atoms with Gasteiger partial charge in [0.25, 0.3) is 0 Å².